The van der Waals surface area contributed by atoms with Crippen LogP contribution in [-0.2, 0) is 0 Å². The molecule has 0 saturated carbocycles. The number of benzene rings is 5. The summed E-state index contributed by atoms with van der Waals surface area (Å²) in [7, 11) is 2.06. The van der Waals surface area contributed by atoms with Gasteiger partial charge in [-0.2, -0.15) is 0 Å². The third-order valence-corrected chi connectivity index (χ3v) is 6.65. The fourth-order valence-corrected chi connectivity index (χ4v) is 4.59. The van der Waals surface area contributed by atoms with E-state index in [1.807, 2.05) is 24.3 Å². The first-order valence-electron chi connectivity index (χ1n) is 13.1. The van der Waals surface area contributed by atoms with Crippen molar-refractivity contribution in [1.29, 1.82) is 0 Å². The molecule has 0 aliphatic heterocycles. The standard InChI is InChI=1S/C37H32N2/c1-3-30(31-15-7-4-8-16-31)20-14-28-38(2)34-24-26-36(27-25-34)39(35-21-11-6-12-22-35)37-23-13-19-33(29-37)32-17-9-5-10-18-32/h3-29H,1H2,2H3/b28-14+,30-20+. The molecule has 0 radical (unpaired) electrons. The maximum absolute atomic E-state index is 3.97. The molecule has 0 saturated heterocycles. The van der Waals surface area contributed by atoms with Crippen molar-refractivity contribution in [2.75, 3.05) is 16.8 Å². The third kappa shape index (κ3) is 6.26. The van der Waals surface area contributed by atoms with Crippen molar-refractivity contribution in [3.05, 3.63) is 176 Å². The van der Waals surface area contributed by atoms with Gasteiger partial charge in [-0.15, -0.1) is 0 Å². The summed E-state index contributed by atoms with van der Waals surface area (Å²) in [6.45, 7) is 3.97. The maximum Gasteiger partial charge on any atom is 0.0467 e. The van der Waals surface area contributed by atoms with Crippen molar-refractivity contribution in [2.24, 2.45) is 0 Å². The molecule has 0 bridgehead atoms. The second-order valence-corrected chi connectivity index (χ2v) is 9.25. The largest absolute Gasteiger partial charge is 0.351 e. The van der Waals surface area contributed by atoms with Crippen molar-refractivity contribution in [3.63, 3.8) is 0 Å². The minimum absolute atomic E-state index is 1.09. The number of hydrogen-bond acceptors (Lipinski definition) is 2. The minimum atomic E-state index is 1.09. The lowest BCUT2D eigenvalue weighted by Crippen LogP contribution is -2.11. The molecule has 39 heavy (non-hydrogen) atoms. The molecule has 0 aliphatic rings. The molecule has 0 N–H and O–H groups in total. The van der Waals surface area contributed by atoms with Gasteiger partial charge in [0.1, 0.15) is 0 Å². The normalized spacial score (nSPS) is 11.4. The van der Waals surface area contributed by atoms with Gasteiger partial charge < -0.3 is 9.80 Å². The van der Waals surface area contributed by atoms with Gasteiger partial charge in [-0.25, -0.2) is 0 Å². The highest BCUT2D eigenvalue weighted by atomic mass is 15.1. The average Bonchev–Trinajstić information content (AvgIpc) is 3.01. The van der Waals surface area contributed by atoms with E-state index in [1.165, 1.54) is 11.1 Å². The fourth-order valence-electron chi connectivity index (χ4n) is 4.59. The first-order valence-corrected chi connectivity index (χ1v) is 13.1. The number of hydrogen-bond donors (Lipinski definition) is 0. The van der Waals surface area contributed by atoms with Gasteiger partial charge in [0.2, 0.25) is 0 Å². The fraction of sp³-hybridized carbons (Fsp3) is 0.0270. The molecular formula is C37H32N2. The Labute approximate surface area is 232 Å². The van der Waals surface area contributed by atoms with Gasteiger partial charge in [0.15, 0.2) is 0 Å². The van der Waals surface area contributed by atoms with E-state index >= 15 is 0 Å². The molecular weight excluding hydrogens is 472 g/mol. The summed E-state index contributed by atoms with van der Waals surface area (Å²) in [5, 5.41) is 0. The number of allylic oxidation sites excluding steroid dienone is 4. The van der Waals surface area contributed by atoms with Crippen molar-refractivity contribution < 1.29 is 0 Å². The smallest absolute Gasteiger partial charge is 0.0467 e. The Kier molecular flexibility index (Phi) is 8.16. The number of anilines is 4. The predicted molar refractivity (Wildman–Crippen MR) is 169 cm³/mol. The second kappa shape index (κ2) is 12.4. The topological polar surface area (TPSA) is 6.48 Å². The van der Waals surface area contributed by atoms with Crippen LogP contribution < -0.4 is 9.80 Å². The van der Waals surface area contributed by atoms with E-state index in [0.29, 0.717) is 0 Å². The number of para-hydroxylation sites is 1. The van der Waals surface area contributed by atoms with Crippen LogP contribution >= 0.6 is 0 Å². The molecule has 0 aliphatic carbocycles. The zero-order valence-electron chi connectivity index (χ0n) is 22.2. The van der Waals surface area contributed by atoms with Crippen molar-refractivity contribution in [3.8, 4) is 11.1 Å². The molecule has 2 heteroatoms. The van der Waals surface area contributed by atoms with Gasteiger partial charge in [0, 0.05) is 36.0 Å². The van der Waals surface area contributed by atoms with Crippen LogP contribution in [0.25, 0.3) is 16.7 Å². The van der Waals surface area contributed by atoms with Crippen molar-refractivity contribution >= 4 is 28.3 Å². The monoisotopic (exact) mass is 504 g/mol. The average molecular weight is 505 g/mol. The van der Waals surface area contributed by atoms with E-state index < -0.39 is 0 Å². The predicted octanol–water partition coefficient (Wildman–Crippen LogP) is 10.0. The van der Waals surface area contributed by atoms with Gasteiger partial charge in [0.25, 0.3) is 0 Å². The lowest BCUT2D eigenvalue weighted by Gasteiger charge is -2.26. The lowest BCUT2D eigenvalue weighted by atomic mass is 10.0. The number of rotatable bonds is 9. The van der Waals surface area contributed by atoms with Gasteiger partial charge >= 0.3 is 0 Å². The Bertz CT molecular complexity index is 1550. The highest BCUT2D eigenvalue weighted by Gasteiger charge is 2.13. The first-order chi connectivity index (χ1) is 19.2. The van der Waals surface area contributed by atoms with Crippen LogP contribution in [0.5, 0.6) is 0 Å². The van der Waals surface area contributed by atoms with E-state index in [4.69, 9.17) is 0 Å². The molecule has 2 nitrogen and oxygen atoms in total. The van der Waals surface area contributed by atoms with Gasteiger partial charge in [-0.1, -0.05) is 110 Å². The summed E-state index contributed by atoms with van der Waals surface area (Å²) in [5.74, 6) is 0. The Morgan fingerprint density at radius 2 is 1.10 bits per heavy atom. The molecule has 5 aromatic carbocycles. The van der Waals surface area contributed by atoms with Crippen LogP contribution in [0.2, 0.25) is 0 Å². The minimum Gasteiger partial charge on any atom is -0.351 e. The van der Waals surface area contributed by atoms with Crippen molar-refractivity contribution in [2.45, 2.75) is 0 Å². The molecule has 5 aromatic rings. The Morgan fingerprint density at radius 1 is 0.564 bits per heavy atom. The van der Waals surface area contributed by atoms with E-state index in [0.717, 1.165) is 33.9 Å². The zero-order chi connectivity index (χ0) is 26.9. The maximum atomic E-state index is 3.97. The van der Waals surface area contributed by atoms with Crippen LogP contribution in [-0.4, -0.2) is 7.05 Å². The summed E-state index contributed by atoms with van der Waals surface area (Å²) in [6.07, 6.45) is 8.10. The molecule has 0 spiro atoms. The van der Waals surface area contributed by atoms with Crippen molar-refractivity contribution in [1.82, 2.24) is 0 Å². The molecule has 0 fully saturated rings. The van der Waals surface area contributed by atoms with E-state index in [9.17, 15) is 0 Å². The van der Waals surface area contributed by atoms with Crippen LogP contribution in [0, 0.1) is 0 Å². The lowest BCUT2D eigenvalue weighted by molar-refractivity contribution is 1.20. The quantitative estimate of drug-likeness (QED) is 0.184. The van der Waals surface area contributed by atoms with Crippen LogP contribution in [0.15, 0.2) is 171 Å². The Morgan fingerprint density at radius 3 is 1.77 bits per heavy atom. The van der Waals surface area contributed by atoms with Crippen LogP contribution in [0.3, 0.4) is 0 Å². The molecule has 0 unspecified atom stereocenters. The summed E-state index contributed by atoms with van der Waals surface area (Å²) in [6, 6.07) is 48.7. The highest BCUT2D eigenvalue weighted by molar-refractivity contribution is 5.80. The number of nitrogens with zero attached hydrogens (tertiary/aromatic N) is 2. The van der Waals surface area contributed by atoms with E-state index in [2.05, 4.69) is 163 Å². The molecule has 0 aromatic heterocycles. The second-order valence-electron chi connectivity index (χ2n) is 9.25. The third-order valence-electron chi connectivity index (χ3n) is 6.65. The molecule has 0 heterocycles. The van der Waals surface area contributed by atoms with Crippen LogP contribution in [0.1, 0.15) is 5.56 Å². The van der Waals surface area contributed by atoms with E-state index in [1.54, 1.807) is 0 Å². The van der Waals surface area contributed by atoms with Gasteiger partial charge in [-0.3, -0.25) is 0 Å². The highest BCUT2D eigenvalue weighted by Crippen LogP contribution is 2.37. The summed E-state index contributed by atoms with van der Waals surface area (Å²) >= 11 is 0. The molecule has 190 valence electrons. The van der Waals surface area contributed by atoms with Crippen LogP contribution in [0.4, 0.5) is 22.7 Å². The summed E-state index contributed by atoms with van der Waals surface area (Å²) in [4.78, 5) is 4.42. The molecule has 0 amide bonds. The Hall–Kier alpha value is -5.08. The summed E-state index contributed by atoms with van der Waals surface area (Å²) < 4.78 is 0. The summed E-state index contributed by atoms with van der Waals surface area (Å²) in [5.41, 5.74) is 9.08. The zero-order valence-corrected chi connectivity index (χ0v) is 22.2. The van der Waals surface area contributed by atoms with E-state index in [-0.39, 0.29) is 0 Å². The molecule has 5 rings (SSSR count). The van der Waals surface area contributed by atoms with Gasteiger partial charge in [0.05, 0.1) is 0 Å². The Balaban J connectivity index is 1.41. The SMILES string of the molecule is C=C/C(=C\C=C\N(C)c1ccc(N(c2ccccc2)c2cccc(-c3ccccc3)c2)cc1)c1ccccc1. The van der Waals surface area contributed by atoms with Gasteiger partial charge in [-0.05, 0) is 76.9 Å². The molecule has 0 atom stereocenters. The first kappa shape index (κ1) is 25.6.